The van der Waals surface area contributed by atoms with Gasteiger partial charge in [-0.2, -0.15) is 0 Å². The van der Waals surface area contributed by atoms with Gasteiger partial charge in [-0.15, -0.1) is 0 Å². The zero-order chi connectivity index (χ0) is 33.8. The first-order valence-electron chi connectivity index (χ1n) is 17.6. The van der Waals surface area contributed by atoms with Gasteiger partial charge in [-0.3, -0.25) is 0 Å². The van der Waals surface area contributed by atoms with Gasteiger partial charge in [0.1, 0.15) is 0 Å². The van der Waals surface area contributed by atoms with Crippen molar-refractivity contribution in [1.82, 2.24) is 0 Å². The van der Waals surface area contributed by atoms with E-state index in [9.17, 15) is 0 Å². The summed E-state index contributed by atoms with van der Waals surface area (Å²) in [5.41, 5.74) is 19.3. The van der Waals surface area contributed by atoms with Crippen molar-refractivity contribution in [2.24, 2.45) is 0 Å². The maximum absolute atomic E-state index is 2.47. The van der Waals surface area contributed by atoms with E-state index in [0.717, 1.165) is 0 Å². The van der Waals surface area contributed by atoms with Crippen LogP contribution in [0.25, 0.3) is 61.4 Å². The second-order valence-electron chi connectivity index (χ2n) is 13.7. The van der Waals surface area contributed by atoms with Gasteiger partial charge in [0, 0.05) is 0 Å². The van der Waals surface area contributed by atoms with Gasteiger partial charge in [-0.05, 0) is 145 Å². The van der Waals surface area contributed by atoms with Crippen LogP contribution in [0.5, 0.6) is 0 Å². The zero-order valence-electron chi connectivity index (χ0n) is 28.7. The summed E-state index contributed by atoms with van der Waals surface area (Å²) in [4.78, 5) is 0. The van der Waals surface area contributed by atoms with Crippen LogP contribution in [0.2, 0.25) is 0 Å². The number of fused-ring (bicyclic) bond motifs is 11. The molecule has 50 heavy (non-hydrogen) atoms. The fourth-order valence-corrected chi connectivity index (χ4v) is 8.54. The molecule has 0 saturated heterocycles. The number of hydrogen-bond acceptors (Lipinski definition) is 0. The second-order valence-corrected chi connectivity index (χ2v) is 13.7. The summed E-state index contributed by atoms with van der Waals surface area (Å²) in [6.07, 6.45) is 12.5. The Morgan fingerprint density at radius 2 is 0.940 bits per heavy atom. The molecule has 9 rings (SSSR count). The monoisotopic (exact) mass is 638 g/mol. The molecule has 0 aliphatic heterocycles. The second kappa shape index (κ2) is 11.9. The average molecular weight is 639 g/mol. The Balaban J connectivity index is 1.23. The number of benzene rings is 7. The van der Waals surface area contributed by atoms with E-state index in [1.54, 1.807) is 0 Å². The highest BCUT2D eigenvalue weighted by Gasteiger charge is 2.51. The lowest BCUT2D eigenvalue weighted by molar-refractivity contribution is 0.795. The van der Waals surface area contributed by atoms with Crippen molar-refractivity contribution in [3.8, 4) is 44.5 Å². The van der Waals surface area contributed by atoms with Crippen LogP contribution in [0.4, 0.5) is 0 Å². The number of hydrogen-bond donors (Lipinski definition) is 0. The van der Waals surface area contributed by atoms with Gasteiger partial charge in [0.25, 0.3) is 0 Å². The van der Waals surface area contributed by atoms with Crippen LogP contribution in [0, 0.1) is 13.8 Å². The first-order valence-corrected chi connectivity index (χ1v) is 17.6. The summed E-state index contributed by atoms with van der Waals surface area (Å²) in [5.74, 6) is 0. The molecule has 0 bridgehead atoms. The molecule has 0 N–H and O–H groups in total. The highest BCUT2D eigenvalue weighted by atomic mass is 14.5. The summed E-state index contributed by atoms with van der Waals surface area (Å²) in [6.45, 7) is 6.47. The standard InChI is InChI=1S/C50H38/c1-4-5-6-7-8-15-35-24-22-33(2)42(28-35)43-29-38(25-23-34(43)3)39-26-27-48-44(31-39)45-30-36-16-9-10-17-37(36)32-49(45)50(48)46-20-13-11-18-40(46)41-19-12-14-21-47(41)50/h4-32H,1-3H3/b5-4+,7-6-,15-8-. The van der Waals surface area contributed by atoms with Gasteiger partial charge in [-0.1, -0.05) is 146 Å². The van der Waals surface area contributed by atoms with Gasteiger partial charge in [-0.25, -0.2) is 0 Å². The van der Waals surface area contributed by atoms with E-state index in [-0.39, 0.29) is 5.41 Å². The lowest BCUT2D eigenvalue weighted by Gasteiger charge is -2.30. The fraction of sp³-hybridized carbons (Fsp3) is 0.0800. The smallest absolute Gasteiger partial charge is 0.0725 e. The maximum Gasteiger partial charge on any atom is 0.0725 e. The van der Waals surface area contributed by atoms with Crippen LogP contribution in [0.1, 0.15) is 45.9 Å². The normalized spacial score (nSPS) is 13.8. The Morgan fingerprint density at radius 3 is 1.66 bits per heavy atom. The van der Waals surface area contributed by atoms with Gasteiger partial charge in [0.15, 0.2) is 0 Å². The lowest BCUT2D eigenvalue weighted by Crippen LogP contribution is -2.25. The van der Waals surface area contributed by atoms with E-state index in [4.69, 9.17) is 0 Å². The molecular formula is C50H38. The fourth-order valence-electron chi connectivity index (χ4n) is 8.54. The largest absolute Gasteiger partial charge is 0.0877 e. The molecule has 2 aliphatic rings. The van der Waals surface area contributed by atoms with Gasteiger partial charge in [0.2, 0.25) is 0 Å². The van der Waals surface area contributed by atoms with Gasteiger partial charge >= 0.3 is 0 Å². The lowest BCUT2D eigenvalue weighted by atomic mass is 9.70. The highest BCUT2D eigenvalue weighted by Crippen LogP contribution is 2.63. The van der Waals surface area contributed by atoms with Crippen LogP contribution in [0.3, 0.4) is 0 Å². The third-order valence-corrected chi connectivity index (χ3v) is 10.9. The van der Waals surface area contributed by atoms with Crippen molar-refractivity contribution in [1.29, 1.82) is 0 Å². The van der Waals surface area contributed by atoms with E-state index in [1.807, 2.05) is 19.1 Å². The topological polar surface area (TPSA) is 0 Å². The van der Waals surface area contributed by atoms with E-state index in [0.29, 0.717) is 0 Å². The molecule has 0 unspecified atom stereocenters. The molecule has 7 aromatic carbocycles. The average Bonchev–Trinajstić information content (AvgIpc) is 3.61. The van der Waals surface area contributed by atoms with Crippen molar-refractivity contribution in [2.75, 3.05) is 0 Å². The molecule has 0 fully saturated rings. The molecule has 0 saturated carbocycles. The quantitative estimate of drug-likeness (QED) is 0.165. The van der Waals surface area contributed by atoms with Crippen molar-refractivity contribution >= 4 is 16.8 Å². The predicted octanol–water partition coefficient (Wildman–Crippen LogP) is 13.3. The summed E-state index contributed by atoms with van der Waals surface area (Å²) >= 11 is 0. The molecule has 2 aliphatic carbocycles. The minimum atomic E-state index is -0.355. The Labute approximate surface area is 295 Å². The molecule has 0 heteroatoms. The van der Waals surface area contributed by atoms with Crippen LogP contribution in [-0.4, -0.2) is 0 Å². The molecule has 0 aromatic heterocycles. The van der Waals surface area contributed by atoms with E-state index >= 15 is 0 Å². The molecule has 0 amide bonds. The van der Waals surface area contributed by atoms with E-state index in [2.05, 4.69) is 178 Å². The number of aryl methyl sites for hydroxylation is 2. The van der Waals surface area contributed by atoms with Crippen LogP contribution < -0.4 is 0 Å². The summed E-state index contributed by atoms with van der Waals surface area (Å²) in [7, 11) is 0. The predicted molar refractivity (Wildman–Crippen MR) is 214 cm³/mol. The van der Waals surface area contributed by atoms with E-state index < -0.39 is 0 Å². The molecule has 0 atom stereocenters. The molecule has 0 radical (unpaired) electrons. The Hall–Kier alpha value is -5.98. The Morgan fingerprint density at radius 1 is 0.400 bits per heavy atom. The number of rotatable bonds is 5. The Kier molecular flexibility index (Phi) is 7.14. The van der Waals surface area contributed by atoms with Crippen molar-refractivity contribution in [3.63, 3.8) is 0 Å². The van der Waals surface area contributed by atoms with Crippen molar-refractivity contribution in [3.05, 3.63) is 209 Å². The molecular weight excluding hydrogens is 601 g/mol. The minimum absolute atomic E-state index is 0.355. The van der Waals surface area contributed by atoms with E-state index in [1.165, 1.54) is 94.2 Å². The summed E-state index contributed by atoms with van der Waals surface area (Å²) in [5, 5.41) is 2.56. The molecule has 7 aromatic rings. The van der Waals surface area contributed by atoms with Crippen molar-refractivity contribution in [2.45, 2.75) is 26.2 Å². The third-order valence-electron chi connectivity index (χ3n) is 10.9. The molecule has 238 valence electrons. The molecule has 0 heterocycles. The van der Waals surface area contributed by atoms with Gasteiger partial charge < -0.3 is 0 Å². The summed E-state index contributed by atoms with van der Waals surface area (Å²) < 4.78 is 0. The highest BCUT2D eigenvalue weighted by molar-refractivity contribution is 6.00. The van der Waals surface area contributed by atoms with Crippen LogP contribution in [0.15, 0.2) is 170 Å². The zero-order valence-corrected chi connectivity index (χ0v) is 28.7. The van der Waals surface area contributed by atoms with Crippen LogP contribution >= 0.6 is 0 Å². The molecule has 1 spiro atoms. The number of allylic oxidation sites excluding steroid dienone is 5. The first kappa shape index (κ1) is 30.1. The SMILES string of the molecule is C/C=C/C=C\C=C/c1ccc(C)c(-c2cc(-c3ccc4c(c3)-c3cc5ccccc5cc3C43c4ccccc4-c4ccccc43)ccc2C)c1. The van der Waals surface area contributed by atoms with Crippen LogP contribution in [-0.2, 0) is 5.41 Å². The Bertz CT molecular complexity index is 2520. The first-order chi connectivity index (χ1) is 24.6. The third kappa shape index (κ3) is 4.52. The van der Waals surface area contributed by atoms with Gasteiger partial charge in [0.05, 0.1) is 5.41 Å². The van der Waals surface area contributed by atoms with Crippen molar-refractivity contribution < 1.29 is 0 Å². The maximum atomic E-state index is 2.47. The summed E-state index contributed by atoms with van der Waals surface area (Å²) in [6, 6.07) is 52.8. The molecule has 0 nitrogen and oxygen atoms in total. The minimum Gasteiger partial charge on any atom is -0.0877 e.